The molecule has 1 aromatic rings. The molecule has 1 heterocycles. The molecule has 1 fully saturated rings. The number of ether oxygens (including phenoxy) is 1. The molecule has 21 heavy (non-hydrogen) atoms. The molecule has 0 bridgehead atoms. The zero-order valence-corrected chi connectivity index (χ0v) is 13.0. The smallest absolute Gasteiger partial charge is 0.303 e. The quantitative estimate of drug-likeness (QED) is 0.874. The minimum atomic E-state index is -0.694. The van der Waals surface area contributed by atoms with Crippen molar-refractivity contribution in [1.29, 1.82) is 0 Å². The molecule has 0 saturated carbocycles. The van der Waals surface area contributed by atoms with Crippen molar-refractivity contribution in [2.75, 3.05) is 13.7 Å². The van der Waals surface area contributed by atoms with Gasteiger partial charge in [-0.3, -0.25) is 9.69 Å². The maximum Gasteiger partial charge on any atom is 0.303 e. The average molecular weight is 291 g/mol. The first-order chi connectivity index (χ1) is 10.1. The second kappa shape index (κ2) is 7.46. The average Bonchev–Trinajstić information content (AvgIpc) is 2.46. The van der Waals surface area contributed by atoms with E-state index < -0.39 is 5.97 Å². The van der Waals surface area contributed by atoms with E-state index in [0.717, 1.165) is 37.2 Å². The summed E-state index contributed by atoms with van der Waals surface area (Å²) in [5.74, 6) is 0.223. The van der Waals surface area contributed by atoms with Gasteiger partial charge in [-0.1, -0.05) is 18.6 Å². The molecule has 4 nitrogen and oxygen atoms in total. The van der Waals surface area contributed by atoms with Gasteiger partial charge in [0, 0.05) is 19.0 Å². The largest absolute Gasteiger partial charge is 0.496 e. The summed E-state index contributed by atoms with van der Waals surface area (Å²) in [6.45, 7) is 4.02. The first-order valence-electron chi connectivity index (χ1n) is 7.69. The minimum absolute atomic E-state index is 0.267. The number of aliphatic carboxylic acids is 1. The standard InChI is InChI=1S/C17H25NO3/c1-13-11-14(6-8-16(13)21-2)12-18-10-4-3-5-15(18)7-9-17(19)20/h6,8,11,15H,3-5,7,9-10,12H2,1-2H3,(H,19,20). The number of methoxy groups -OCH3 is 1. The second-order valence-electron chi connectivity index (χ2n) is 5.86. The first kappa shape index (κ1) is 15.8. The summed E-state index contributed by atoms with van der Waals surface area (Å²) in [7, 11) is 1.69. The lowest BCUT2D eigenvalue weighted by molar-refractivity contribution is -0.137. The lowest BCUT2D eigenvalue weighted by atomic mass is 9.97. The van der Waals surface area contributed by atoms with Crippen LogP contribution in [0.2, 0.25) is 0 Å². The summed E-state index contributed by atoms with van der Waals surface area (Å²) in [6.07, 6.45) is 4.55. The molecule has 1 saturated heterocycles. The van der Waals surface area contributed by atoms with E-state index in [1.165, 1.54) is 18.4 Å². The topological polar surface area (TPSA) is 49.8 Å². The van der Waals surface area contributed by atoms with E-state index in [4.69, 9.17) is 9.84 Å². The highest BCUT2D eigenvalue weighted by atomic mass is 16.5. The number of carboxylic acid groups (broad SMARTS) is 1. The van der Waals surface area contributed by atoms with Gasteiger partial charge in [-0.25, -0.2) is 0 Å². The molecule has 1 atom stereocenters. The van der Waals surface area contributed by atoms with Crippen molar-refractivity contribution in [2.24, 2.45) is 0 Å². The molecule has 0 spiro atoms. The summed E-state index contributed by atoms with van der Waals surface area (Å²) >= 11 is 0. The number of hydrogen-bond acceptors (Lipinski definition) is 3. The normalized spacial score (nSPS) is 19.4. The van der Waals surface area contributed by atoms with Gasteiger partial charge in [-0.15, -0.1) is 0 Å². The van der Waals surface area contributed by atoms with Crippen LogP contribution in [0.5, 0.6) is 5.75 Å². The van der Waals surface area contributed by atoms with Crippen LogP contribution in [0, 0.1) is 6.92 Å². The Balaban J connectivity index is 2.01. The maximum absolute atomic E-state index is 10.8. The van der Waals surface area contributed by atoms with E-state index in [2.05, 4.69) is 24.0 Å². The van der Waals surface area contributed by atoms with Crippen molar-refractivity contribution in [3.8, 4) is 5.75 Å². The number of piperidine rings is 1. The Morgan fingerprint density at radius 2 is 2.24 bits per heavy atom. The van der Waals surface area contributed by atoms with Crippen molar-refractivity contribution >= 4 is 5.97 Å². The van der Waals surface area contributed by atoms with E-state index in [0.29, 0.717) is 6.04 Å². The zero-order valence-electron chi connectivity index (χ0n) is 13.0. The first-order valence-corrected chi connectivity index (χ1v) is 7.69. The highest BCUT2D eigenvalue weighted by Crippen LogP contribution is 2.25. The number of rotatable bonds is 6. The maximum atomic E-state index is 10.8. The molecule has 1 aromatic carbocycles. The van der Waals surface area contributed by atoms with Gasteiger partial charge in [0.2, 0.25) is 0 Å². The third-order valence-corrected chi connectivity index (χ3v) is 4.29. The Morgan fingerprint density at radius 3 is 2.90 bits per heavy atom. The van der Waals surface area contributed by atoms with Crippen LogP contribution in [-0.2, 0) is 11.3 Å². The molecule has 0 radical (unpaired) electrons. The molecule has 1 aliphatic rings. The third kappa shape index (κ3) is 4.46. The van der Waals surface area contributed by atoms with Gasteiger partial charge in [0.25, 0.3) is 0 Å². The number of aryl methyl sites for hydroxylation is 1. The Bertz CT molecular complexity index is 487. The fourth-order valence-electron chi connectivity index (χ4n) is 3.16. The molecule has 1 unspecified atom stereocenters. The van der Waals surface area contributed by atoms with Crippen molar-refractivity contribution in [3.05, 3.63) is 29.3 Å². The molecule has 0 amide bonds. The predicted molar refractivity (Wildman–Crippen MR) is 82.6 cm³/mol. The van der Waals surface area contributed by atoms with Crippen molar-refractivity contribution < 1.29 is 14.6 Å². The van der Waals surface area contributed by atoms with Gasteiger partial charge in [0.15, 0.2) is 0 Å². The van der Waals surface area contributed by atoms with Crippen LogP contribution in [0.1, 0.15) is 43.2 Å². The number of hydrogen-bond donors (Lipinski definition) is 1. The number of likely N-dealkylation sites (tertiary alicyclic amines) is 1. The van der Waals surface area contributed by atoms with Gasteiger partial charge in [-0.2, -0.15) is 0 Å². The number of nitrogens with zero attached hydrogens (tertiary/aromatic N) is 1. The highest BCUT2D eigenvalue weighted by Gasteiger charge is 2.23. The second-order valence-corrected chi connectivity index (χ2v) is 5.86. The Morgan fingerprint density at radius 1 is 1.43 bits per heavy atom. The lowest BCUT2D eigenvalue weighted by Gasteiger charge is -2.35. The molecular formula is C17H25NO3. The fourth-order valence-corrected chi connectivity index (χ4v) is 3.16. The van der Waals surface area contributed by atoms with Gasteiger partial charge in [-0.05, 0) is 49.9 Å². The Kier molecular flexibility index (Phi) is 5.62. The van der Waals surface area contributed by atoms with E-state index in [9.17, 15) is 4.79 Å². The van der Waals surface area contributed by atoms with Crippen LogP contribution in [0.3, 0.4) is 0 Å². The molecule has 0 aliphatic carbocycles. The molecule has 1 N–H and O–H groups in total. The minimum Gasteiger partial charge on any atom is -0.496 e. The van der Waals surface area contributed by atoms with Gasteiger partial charge >= 0.3 is 5.97 Å². The summed E-state index contributed by atoms with van der Waals surface area (Å²) in [4.78, 5) is 13.2. The molecular weight excluding hydrogens is 266 g/mol. The van der Waals surface area contributed by atoms with Crippen molar-refractivity contribution in [1.82, 2.24) is 4.90 Å². The summed E-state index contributed by atoms with van der Waals surface area (Å²) in [5.41, 5.74) is 2.42. The van der Waals surface area contributed by atoms with Crippen LogP contribution in [0.4, 0.5) is 0 Å². The van der Waals surface area contributed by atoms with Gasteiger partial charge < -0.3 is 9.84 Å². The lowest BCUT2D eigenvalue weighted by Crippen LogP contribution is -2.39. The Labute approximate surface area is 126 Å². The number of carbonyl (C=O) groups is 1. The van der Waals surface area contributed by atoms with E-state index in [1.54, 1.807) is 7.11 Å². The highest BCUT2D eigenvalue weighted by molar-refractivity contribution is 5.66. The van der Waals surface area contributed by atoms with Crippen LogP contribution in [0.25, 0.3) is 0 Å². The monoisotopic (exact) mass is 291 g/mol. The molecule has 1 aliphatic heterocycles. The Hall–Kier alpha value is -1.55. The fraction of sp³-hybridized carbons (Fsp3) is 0.588. The van der Waals surface area contributed by atoms with E-state index >= 15 is 0 Å². The van der Waals surface area contributed by atoms with Crippen molar-refractivity contribution in [3.63, 3.8) is 0 Å². The van der Waals surface area contributed by atoms with Crippen LogP contribution >= 0.6 is 0 Å². The number of carboxylic acids is 1. The van der Waals surface area contributed by atoms with Crippen LogP contribution in [0.15, 0.2) is 18.2 Å². The summed E-state index contributed by atoms with van der Waals surface area (Å²) < 4.78 is 5.30. The summed E-state index contributed by atoms with van der Waals surface area (Å²) in [5, 5.41) is 8.88. The third-order valence-electron chi connectivity index (χ3n) is 4.29. The SMILES string of the molecule is COc1ccc(CN2CCCCC2CCC(=O)O)cc1C. The molecule has 116 valence electrons. The number of benzene rings is 1. The molecule has 2 rings (SSSR count). The van der Waals surface area contributed by atoms with E-state index in [-0.39, 0.29) is 6.42 Å². The van der Waals surface area contributed by atoms with E-state index in [1.807, 2.05) is 6.07 Å². The zero-order chi connectivity index (χ0) is 15.2. The molecule has 4 heteroatoms. The van der Waals surface area contributed by atoms with Gasteiger partial charge in [0.1, 0.15) is 5.75 Å². The predicted octanol–water partition coefficient (Wildman–Crippen LogP) is 3.22. The van der Waals surface area contributed by atoms with Crippen LogP contribution < -0.4 is 4.74 Å². The van der Waals surface area contributed by atoms with Gasteiger partial charge in [0.05, 0.1) is 7.11 Å². The summed E-state index contributed by atoms with van der Waals surface area (Å²) in [6, 6.07) is 6.69. The van der Waals surface area contributed by atoms with Crippen molar-refractivity contribution in [2.45, 2.75) is 51.6 Å². The molecule has 0 aromatic heterocycles. The van der Waals surface area contributed by atoms with Crippen LogP contribution in [-0.4, -0.2) is 35.7 Å².